The lowest BCUT2D eigenvalue weighted by Crippen LogP contribution is -2.42. The molecule has 4 heteroatoms. The summed E-state index contributed by atoms with van der Waals surface area (Å²) in [5.41, 5.74) is 0.715. The number of carbonyl (C=O) groups excluding carboxylic acids is 1. The highest BCUT2D eigenvalue weighted by Crippen LogP contribution is 2.17. The molecule has 3 nitrogen and oxygen atoms in total. The molecule has 2 atom stereocenters. The highest BCUT2D eigenvalue weighted by atomic mass is 19.1. The summed E-state index contributed by atoms with van der Waals surface area (Å²) in [6, 6.07) is 6.19. The van der Waals surface area contributed by atoms with Crippen molar-refractivity contribution in [2.75, 3.05) is 19.6 Å². The van der Waals surface area contributed by atoms with Gasteiger partial charge in [0.25, 0.3) is 0 Å². The van der Waals surface area contributed by atoms with Crippen molar-refractivity contribution < 1.29 is 9.18 Å². The topological polar surface area (TPSA) is 41.1 Å². The van der Waals surface area contributed by atoms with E-state index in [1.165, 1.54) is 12.1 Å². The number of piperidine rings is 1. The number of amides is 1. The maximum atomic E-state index is 13.0. The van der Waals surface area contributed by atoms with Gasteiger partial charge in [-0.15, -0.1) is 0 Å². The number of halogens is 1. The minimum absolute atomic E-state index is 0.0385. The number of carbonyl (C=O) groups is 1. The molecule has 1 aromatic carbocycles. The van der Waals surface area contributed by atoms with E-state index in [1.807, 2.05) is 0 Å². The summed E-state index contributed by atoms with van der Waals surface area (Å²) in [5.74, 6) is 0.791. The van der Waals surface area contributed by atoms with Crippen LogP contribution in [0.1, 0.15) is 18.9 Å². The van der Waals surface area contributed by atoms with Crippen LogP contribution in [0.4, 0.5) is 4.39 Å². The van der Waals surface area contributed by atoms with E-state index < -0.39 is 0 Å². The second kappa shape index (κ2) is 6.66. The molecule has 0 aliphatic carbocycles. The highest BCUT2D eigenvalue weighted by molar-refractivity contribution is 5.78. The monoisotopic (exact) mass is 264 g/mol. The van der Waals surface area contributed by atoms with E-state index >= 15 is 0 Å². The van der Waals surface area contributed by atoms with E-state index in [0.717, 1.165) is 19.5 Å². The van der Waals surface area contributed by atoms with Gasteiger partial charge in [0.1, 0.15) is 5.82 Å². The second-order valence-corrected chi connectivity index (χ2v) is 5.34. The molecular formula is C15H21FN2O. The Hall–Kier alpha value is -1.42. The first-order valence-corrected chi connectivity index (χ1v) is 6.87. The van der Waals surface area contributed by atoms with E-state index in [4.69, 9.17) is 0 Å². The first-order chi connectivity index (χ1) is 9.15. The van der Waals surface area contributed by atoms with Gasteiger partial charge in [-0.3, -0.25) is 4.79 Å². The van der Waals surface area contributed by atoms with Crippen molar-refractivity contribution in [1.82, 2.24) is 10.6 Å². The molecule has 0 bridgehead atoms. The Bertz CT molecular complexity index is 436. The lowest BCUT2D eigenvalue weighted by Gasteiger charge is -2.29. The van der Waals surface area contributed by atoms with Crippen LogP contribution in [0.25, 0.3) is 0 Å². The zero-order chi connectivity index (χ0) is 13.7. The third kappa shape index (κ3) is 4.31. The lowest BCUT2D eigenvalue weighted by molar-refractivity contribution is -0.120. The van der Waals surface area contributed by atoms with Gasteiger partial charge in [-0.1, -0.05) is 19.1 Å². The Morgan fingerprint density at radius 3 is 3.11 bits per heavy atom. The molecule has 1 amide bonds. The summed E-state index contributed by atoms with van der Waals surface area (Å²) in [4.78, 5) is 11.8. The van der Waals surface area contributed by atoms with E-state index in [0.29, 0.717) is 23.9 Å². The summed E-state index contributed by atoms with van der Waals surface area (Å²) in [7, 11) is 0. The number of hydrogen-bond donors (Lipinski definition) is 2. The van der Waals surface area contributed by atoms with Crippen LogP contribution < -0.4 is 10.6 Å². The molecule has 2 unspecified atom stereocenters. The Morgan fingerprint density at radius 1 is 1.53 bits per heavy atom. The van der Waals surface area contributed by atoms with Gasteiger partial charge in [-0.05, 0) is 49.0 Å². The van der Waals surface area contributed by atoms with E-state index in [2.05, 4.69) is 17.6 Å². The van der Waals surface area contributed by atoms with Crippen molar-refractivity contribution in [3.63, 3.8) is 0 Å². The van der Waals surface area contributed by atoms with Gasteiger partial charge in [0.15, 0.2) is 0 Å². The third-order valence-electron chi connectivity index (χ3n) is 3.80. The zero-order valence-electron chi connectivity index (χ0n) is 11.3. The fraction of sp³-hybridized carbons (Fsp3) is 0.533. The van der Waals surface area contributed by atoms with Crippen LogP contribution >= 0.6 is 0 Å². The van der Waals surface area contributed by atoms with Crippen LogP contribution in [-0.2, 0) is 11.2 Å². The largest absolute Gasteiger partial charge is 0.355 e. The first kappa shape index (κ1) is 14.0. The molecule has 1 saturated heterocycles. The molecule has 1 aliphatic rings. The SMILES string of the molecule is CC1CCNCC1CNC(=O)Cc1cccc(F)c1. The van der Waals surface area contributed by atoms with Gasteiger partial charge in [-0.2, -0.15) is 0 Å². The van der Waals surface area contributed by atoms with Gasteiger partial charge < -0.3 is 10.6 Å². The van der Waals surface area contributed by atoms with Gasteiger partial charge in [0, 0.05) is 6.54 Å². The van der Waals surface area contributed by atoms with Crippen LogP contribution in [0.3, 0.4) is 0 Å². The van der Waals surface area contributed by atoms with Gasteiger partial charge in [0.05, 0.1) is 6.42 Å². The number of benzene rings is 1. The lowest BCUT2D eigenvalue weighted by atomic mass is 9.88. The summed E-state index contributed by atoms with van der Waals surface area (Å²) < 4.78 is 13.0. The molecule has 0 spiro atoms. The number of nitrogens with one attached hydrogen (secondary N) is 2. The number of rotatable bonds is 4. The van der Waals surface area contributed by atoms with Crippen molar-refractivity contribution in [3.05, 3.63) is 35.6 Å². The fourth-order valence-electron chi connectivity index (χ4n) is 2.47. The Kier molecular flexibility index (Phi) is 4.91. The Morgan fingerprint density at radius 2 is 2.37 bits per heavy atom. The average molecular weight is 264 g/mol. The van der Waals surface area contributed by atoms with E-state index in [1.54, 1.807) is 12.1 Å². The van der Waals surface area contributed by atoms with Gasteiger partial charge in [0.2, 0.25) is 5.91 Å². The first-order valence-electron chi connectivity index (χ1n) is 6.87. The predicted molar refractivity (Wildman–Crippen MR) is 73.3 cm³/mol. The predicted octanol–water partition coefficient (Wildman–Crippen LogP) is 1.73. The van der Waals surface area contributed by atoms with Crippen molar-refractivity contribution in [2.24, 2.45) is 11.8 Å². The smallest absolute Gasteiger partial charge is 0.224 e. The minimum atomic E-state index is -0.296. The summed E-state index contributed by atoms with van der Waals surface area (Å²) in [6.45, 7) is 4.95. The molecule has 1 aromatic rings. The summed E-state index contributed by atoms with van der Waals surface area (Å²) in [6.07, 6.45) is 1.40. The van der Waals surface area contributed by atoms with Crippen molar-refractivity contribution >= 4 is 5.91 Å². The third-order valence-corrected chi connectivity index (χ3v) is 3.80. The van der Waals surface area contributed by atoms with Crippen molar-refractivity contribution in [1.29, 1.82) is 0 Å². The Labute approximate surface area is 113 Å². The van der Waals surface area contributed by atoms with Crippen LogP contribution in [-0.4, -0.2) is 25.5 Å². The highest BCUT2D eigenvalue weighted by Gasteiger charge is 2.21. The second-order valence-electron chi connectivity index (χ2n) is 5.34. The molecule has 19 heavy (non-hydrogen) atoms. The van der Waals surface area contributed by atoms with Crippen LogP contribution in [0.15, 0.2) is 24.3 Å². The standard InChI is InChI=1S/C15H21FN2O/c1-11-5-6-17-9-13(11)10-18-15(19)8-12-3-2-4-14(16)7-12/h2-4,7,11,13,17H,5-6,8-10H2,1H3,(H,18,19). The molecule has 2 N–H and O–H groups in total. The van der Waals surface area contributed by atoms with Crippen molar-refractivity contribution in [2.45, 2.75) is 19.8 Å². The van der Waals surface area contributed by atoms with E-state index in [-0.39, 0.29) is 18.1 Å². The summed E-state index contributed by atoms with van der Waals surface area (Å²) in [5, 5.41) is 6.29. The molecule has 1 heterocycles. The molecule has 1 fully saturated rings. The van der Waals surface area contributed by atoms with Crippen LogP contribution in [0.5, 0.6) is 0 Å². The fourth-order valence-corrected chi connectivity index (χ4v) is 2.47. The average Bonchev–Trinajstić information content (AvgIpc) is 2.38. The van der Waals surface area contributed by atoms with Crippen LogP contribution in [0, 0.1) is 17.7 Å². The van der Waals surface area contributed by atoms with E-state index in [9.17, 15) is 9.18 Å². The van der Waals surface area contributed by atoms with Gasteiger partial charge in [-0.25, -0.2) is 4.39 Å². The Balaban J connectivity index is 1.78. The molecule has 0 aromatic heterocycles. The zero-order valence-corrected chi connectivity index (χ0v) is 11.3. The maximum absolute atomic E-state index is 13.0. The molecular weight excluding hydrogens is 243 g/mol. The molecule has 0 saturated carbocycles. The minimum Gasteiger partial charge on any atom is -0.355 e. The molecule has 104 valence electrons. The molecule has 2 rings (SSSR count). The molecule has 0 radical (unpaired) electrons. The normalized spacial score (nSPS) is 23.1. The summed E-state index contributed by atoms with van der Waals surface area (Å²) >= 11 is 0. The molecule has 1 aliphatic heterocycles. The maximum Gasteiger partial charge on any atom is 0.224 e. The quantitative estimate of drug-likeness (QED) is 0.869. The van der Waals surface area contributed by atoms with Crippen LogP contribution in [0.2, 0.25) is 0 Å². The number of hydrogen-bond acceptors (Lipinski definition) is 2. The van der Waals surface area contributed by atoms with Crippen molar-refractivity contribution in [3.8, 4) is 0 Å². The van der Waals surface area contributed by atoms with Gasteiger partial charge >= 0.3 is 0 Å².